The summed E-state index contributed by atoms with van der Waals surface area (Å²) >= 11 is 3.10. The SMILES string of the molecule is NC(=O)C[CH]c1cc(Br)no1. The van der Waals surface area contributed by atoms with Crippen LogP contribution in [-0.2, 0) is 4.79 Å². The molecule has 0 atom stereocenters. The first-order valence-electron chi connectivity index (χ1n) is 2.92. The van der Waals surface area contributed by atoms with E-state index >= 15 is 0 Å². The maximum absolute atomic E-state index is 10.3. The molecule has 5 heteroatoms. The van der Waals surface area contributed by atoms with E-state index in [1.165, 1.54) is 0 Å². The first-order valence-corrected chi connectivity index (χ1v) is 3.71. The van der Waals surface area contributed by atoms with E-state index in [0.29, 0.717) is 10.4 Å². The molecule has 11 heavy (non-hydrogen) atoms. The van der Waals surface area contributed by atoms with Gasteiger partial charge in [0, 0.05) is 18.9 Å². The normalized spacial score (nSPS) is 9.91. The smallest absolute Gasteiger partial charge is 0.218 e. The minimum absolute atomic E-state index is 0.168. The molecule has 1 rings (SSSR count). The van der Waals surface area contributed by atoms with Gasteiger partial charge in [0.1, 0.15) is 10.4 Å². The lowest BCUT2D eigenvalue weighted by Gasteiger charge is -1.88. The predicted molar refractivity (Wildman–Crippen MR) is 41.4 cm³/mol. The lowest BCUT2D eigenvalue weighted by Crippen LogP contribution is -2.09. The van der Waals surface area contributed by atoms with Crippen LogP contribution in [0.1, 0.15) is 12.2 Å². The van der Waals surface area contributed by atoms with E-state index in [2.05, 4.69) is 21.1 Å². The number of carbonyl (C=O) groups is 1. The van der Waals surface area contributed by atoms with Crippen LogP contribution < -0.4 is 5.73 Å². The van der Waals surface area contributed by atoms with E-state index < -0.39 is 5.91 Å². The molecule has 0 fully saturated rings. The first-order chi connectivity index (χ1) is 5.18. The number of amides is 1. The molecule has 1 amide bonds. The van der Waals surface area contributed by atoms with Gasteiger partial charge in [-0.25, -0.2) is 0 Å². The van der Waals surface area contributed by atoms with Crippen LogP contribution in [0.4, 0.5) is 0 Å². The third-order valence-electron chi connectivity index (χ3n) is 1.00. The van der Waals surface area contributed by atoms with Crippen molar-refractivity contribution in [2.45, 2.75) is 6.42 Å². The van der Waals surface area contributed by atoms with Crippen molar-refractivity contribution in [3.05, 3.63) is 22.9 Å². The molecule has 0 aromatic carbocycles. The zero-order valence-corrected chi connectivity index (χ0v) is 7.17. The number of rotatable bonds is 3. The molecule has 0 bridgehead atoms. The number of hydrogen-bond donors (Lipinski definition) is 1. The van der Waals surface area contributed by atoms with Crippen LogP contribution in [0.15, 0.2) is 15.2 Å². The van der Waals surface area contributed by atoms with Crippen molar-refractivity contribution in [2.75, 3.05) is 0 Å². The Bertz CT molecular complexity index is 259. The van der Waals surface area contributed by atoms with Crippen molar-refractivity contribution >= 4 is 21.8 Å². The predicted octanol–water partition coefficient (Wildman–Crippen LogP) is 0.865. The fourth-order valence-electron chi connectivity index (χ4n) is 0.564. The summed E-state index contributed by atoms with van der Waals surface area (Å²) in [5, 5.41) is 3.55. The molecule has 0 aliphatic carbocycles. The summed E-state index contributed by atoms with van der Waals surface area (Å²) in [5.74, 6) is 0.146. The minimum atomic E-state index is -0.391. The van der Waals surface area contributed by atoms with Gasteiger partial charge in [-0.05, 0) is 15.9 Å². The Morgan fingerprint density at radius 3 is 3.09 bits per heavy atom. The number of aromatic nitrogens is 1. The van der Waals surface area contributed by atoms with E-state index in [4.69, 9.17) is 10.3 Å². The molecule has 0 saturated carbocycles. The fraction of sp³-hybridized carbons (Fsp3) is 0.167. The van der Waals surface area contributed by atoms with Crippen LogP contribution in [0.2, 0.25) is 0 Å². The molecule has 1 aromatic heterocycles. The highest BCUT2D eigenvalue weighted by molar-refractivity contribution is 9.10. The molecule has 59 valence electrons. The van der Waals surface area contributed by atoms with E-state index in [9.17, 15) is 4.79 Å². The van der Waals surface area contributed by atoms with Gasteiger partial charge in [-0.2, -0.15) is 0 Å². The number of hydrogen-bond acceptors (Lipinski definition) is 3. The lowest BCUT2D eigenvalue weighted by atomic mass is 10.2. The van der Waals surface area contributed by atoms with E-state index in [-0.39, 0.29) is 6.42 Å². The summed E-state index contributed by atoms with van der Waals surface area (Å²) in [5.41, 5.74) is 4.90. The summed E-state index contributed by atoms with van der Waals surface area (Å²) < 4.78 is 5.36. The maximum Gasteiger partial charge on any atom is 0.218 e. The highest BCUT2D eigenvalue weighted by Gasteiger charge is 2.03. The topological polar surface area (TPSA) is 69.1 Å². The molecule has 0 unspecified atom stereocenters. The monoisotopic (exact) mass is 217 g/mol. The largest absolute Gasteiger partial charge is 0.370 e. The number of carbonyl (C=O) groups excluding carboxylic acids is 1. The molecule has 1 heterocycles. The molecule has 1 radical (unpaired) electrons. The molecule has 0 spiro atoms. The van der Waals surface area contributed by atoms with Crippen molar-refractivity contribution in [1.82, 2.24) is 5.16 Å². The Labute approximate surface area is 71.9 Å². The Hall–Kier alpha value is -0.840. The van der Waals surface area contributed by atoms with Crippen molar-refractivity contribution in [3.8, 4) is 0 Å². The number of nitrogens with zero attached hydrogens (tertiary/aromatic N) is 1. The van der Waals surface area contributed by atoms with Gasteiger partial charge in [0.2, 0.25) is 5.91 Å². The Morgan fingerprint density at radius 1 is 1.91 bits per heavy atom. The van der Waals surface area contributed by atoms with Crippen molar-refractivity contribution in [1.29, 1.82) is 0 Å². The Balaban J connectivity index is 2.45. The second-order valence-electron chi connectivity index (χ2n) is 1.93. The second kappa shape index (κ2) is 3.52. The van der Waals surface area contributed by atoms with Gasteiger partial charge in [-0.3, -0.25) is 4.79 Å². The Morgan fingerprint density at radius 2 is 2.64 bits per heavy atom. The van der Waals surface area contributed by atoms with Gasteiger partial charge in [-0.15, -0.1) is 0 Å². The summed E-state index contributed by atoms with van der Waals surface area (Å²) in [6, 6.07) is 1.66. The highest BCUT2D eigenvalue weighted by Crippen LogP contribution is 2.12. The van der Waals surface area contributed by atoms with Crippen LogP contribution in [0.3, 0.4) is 0 Å². The van der Waals surface area contributed by atoms with E-state index in [1.54, 1.807) is 12.5 Å². The molecule has 0 aliphatic rings. The second-order valence-corrected chi connectivity index (χ2v) is 2.74. The lowest BCUT2D eigenvalue weighted by molar-refractivity contribution is -0.117. The molecule has 4 nitrogen and oxygen atoms in total. The van der Waals surface area contributed by atoms with Crippen molar-refractivity contribution in [2.24, 2.45) is 5.73 Å². The molecule has 0 saturated heterocycles. The van der Waals surface area contributed by atoms with Gasteiger partial charge in [0.05, 0.1) is 0 Å². The molecule has 0 aliphatic heterocycles. The van der Waals surface area contributed by atoms with Crippen LogP contribution in [0.5, 0.6) is 0 Å². The molecule has 2 N–H and O–H groups in total. The number of halogens is 1. The van der Waals surface area contributed by atoms with Gasteiger partial charge >= 0.3 is 0 Å². The molecular weight excluding hydrogens is 212 g/mol. The summed E-state index contributed by atoms with van der Waals surface area (Å²) in [6.45, 7) is 0. The average Bonchev–Trinajstić information content (AvgIpc) is 2.31. The summed E-state index contributed by atoms with van der Waals surface area (Å²) in [4.78, 5) is 10.3. The van der Waals surface area contributed by atoms with Crippen LogP contribution in [0.25, 0.3) is 0 Å². The zero-order valence-electron chi connectivity index (χ0n) is 5.58. The first kappa shape index (κ1) is 8.26. The average molecular weight is 218 g/mol. The minimum Gasteiger partial charge on any atom is -0.370 e. The van der Waals surface area contributed by atoms with Gasteiger partial charge in [-0.1, -0.05) is 5.16 Å². The summed E-state index contributed by atoms with van der Waals surface area (Å²) in [6.07, 6.45) is 1.74. The van der Waals surface area contributed by atoms with E-state index in [0.717, 1.165) is 0 Å². The Kier molecular flexibility index (Phi) is 2.64. The van der Waals surface area contributed by atoms with Crippen LogP contribution in [0, 0.1) is 6.42 Å². The van der Waals surface area contributed by atoms with Crippen molar-refractivity contribution < 1.29 is 9.32 Å². The van der Waals surface area contributed by atoms with Gasteiger partial charge in [0.25, 0.3) is 0 Å². The van der Waals surface area contributed by atoms with Gasteiger partial charge in [0.15, 0.2) is 0 Å². The third kappa shape index (κ3) is 2.71. The summed E-state index contributed by atoms with van der Waals surface area (Å²) in [7, 11) is 0. The quantitative estimate of drug-likeness (QED) is 0.817. The standard InChI is InChI=1S/C6H6BrN2O2/c7-5-3-4(11-9-5)1-2-6(8)10/h1,3H,2H2,(H2,8,10). The highest BCUT2D eigenvalue weighted by atomic mass is 79.9. The number of nitrogens with two attached hydrogens (primary N) is 1. The van der Waals surface area contributed by atoms with Crippen LogP contribution in [-0.4, -0.2) is 11.1 Å². The van der Waals surface area contributed by atoms with Crippen molar-refractivity contribution in [3.63, 3.8) is 0 Å². The third-order valence-corrected chi connectivity index (χ3v) is 1.38. The van der Waals surface area contributed by atoms with Gasteiger partial charge < -0.3 is 10.3 Å². The maximum atomic E-state index is 10.3. The number of primary amides is 1. The van der Waals surface area contributed by atoms with Crippen LogP contribution >= 0.6 is 15.9 Å². The molecule has 1 aromatic rings. The van der Waals surface area contributed by atoms with E-state index in [1.807, 2.05) is 0 Å². The molecular formula is C6H6BrN2O2. The zero-order chi connectivity index (χ0) is 8.27. The fourth-order valence-corrected chi connectivity index (χ4v) is 0.862.